The molecule has 2 rings (SSSR count). The van der Waals surface area contributed by atoms with Crippen LogP contribution in [0.25, 0.3) is 10.8 Å². The van der Waals surface area contributed by atoms with Gasteiger partial charge >= 0.3 is 6.09 Å². The molecule has 0 unspecified atom stereocenters. The first kappa shape index (κ1) is 11.1. The number of rotatable bonds is 1. The summed E-state index contributed by atoms with van der Waals surface area (Å²) in [5.41, 5.74) is 0. The van der Waals surface area contributed by atoms with Crippen molar-refractivity contribution in [1.29, 1.82) is 0 Å². The van der Waals surface area contributed by atoms with E-state index >= 15 is 0 Å². The Balaban J connectivity index is 2.49. The molecule has 0 saturated heterocycles. The van der Waals surface area contributed by atoms with Crippen molar-refractivity contribution in [3.05, 3.63) is 42.2 Å². The van der Waals surface area contributed by atoms with E-state index in [4.69, 9.17) is 4.74 Å². The lowest BCUT2D eigenvalue weighted by Crippen LogP contribution is -2.16. The molecule has 0 atom stereocenters. The average molecular weight is 331 g/mol. The summed E-state index contributed by atoms with van der Waals surface area (Å²) < 4.78 is 20.3. The van der Waals surface area contributed by atoms with Gasteiger partial charge in [0.05, 0.1) is 22.9 Å². The molecule has 1 N–H and O–H groups in total. The van der Waals surface area contributed by atoms with Gasteiger partial charge in [0.2, 0.25) is 0 Å². The Hall–Kier alpha value is -1.37. The van der Waals surface area contributed by atoms with Crippen LogP contribution in [0.15, 0.2) is 36.4 Å². The number of nitrogens with one attached hydrogen (secondary N) is 1. The number of ether oxygens (including phenoxy) is 1. The number of benzene rings is 2. The maximum Gasteiger partial charge on any atom is 0.421 e. The molecule has 82 valence electrons. The molecule has 1 amide bonds. The van der Waals surface area contributed by atoms with Crippen LogP contribution in [0.4, 0.5) is 9.18 Å². The number of carbonyl (C=O) groups excluding carboxylic acids is 1. The molecule has 5 heteroatoms. The molecule has 3 nitrogen and oxygen atoms in total. The van der Waals surface area contributed by atoms with Gasteiger partial charge in [0.25, 0.3) is 0 Å². The molecule has 0 aliphatic heterocycles. The molecular weight excluding hydrogens is 324 g/mol. The Morgan fingerprint density at radius 3 is 2.88 bits per heavy atom. The first-order valence-corrected chi connectivity index (χ1v) is 5.55. The highest BCUT2D eigenvalue weighted by Crippen LogP contribution is 2.26. The zero-order valence-electron chi connectivity index (χ0n) is 8.04. The normalized spacial score (nSPS) is 10.1. The fraction of sp³-hybridized carbons (Fsp3) is 0. The van der Waals surface area contributed by atoms with Crippen molar-refractivity contribution in [1.82, 2.24) is 3.53 Å². The van der Waals surface area contributed by atoms with Gasteiger partial charge in [0.15, 0.2) is 0 Å². The summed E-state index contributed by atoms with van der Waals surface area (Å²) in [7, 11) is 0. The van der Waals surface area contributed by atoms with Crippen molar-refractivity contribution in [3.8, 4) is 5.75 Å². The van der Waals surface area contributed by atoms with Gasteiger partial charge in [0, 0.05) is 5.39 Å². The topological polar surface area (TPSA) is 38.3 Å². The van der Waals surface area contributed by atoms with Crippen LogP contribution >= 0.6 is 22.9 Å². The average Bonchev–Trinajstić information content (AvgIpc) is 2.28. The van der Waals surface area contributed by atoms with Gasteiger partial charge in [-0.2, -0.15) is 0 Å². The van der Waals surface area contributed by atoms with Crippen molar-refractivity contribution in [3.63, 3.8) is 0 Å². The second kappa shape index (κ2) is 4.65. The van der Waals surface area contributed by atoms with E-state index in [0.717, 1.165) is 0 Å². The molecule has 0 fully saturated rings. The summed E-state index contributed by atoms with van der Waals surface area (Å²) in [6, 6.07) is 9.43. The van der Waals surface area contributed by atoms with E-state index in [2.05, 4.69) is 3.53 Å². The summed E-state index contributed by atoms with van der Waals surface area (Å²) in [5, 5.41) is 1.39. The highest BCUT2D eigenvalue weighted by molar-refractivity contribution is 14.1. The Labute approximate surface area is 105 Å². The Morgan fingerprint density at radius 1 is 1.31 bits per heavy atom. The number of carbonyl (C=O) groups is 1. The van der Waals surface area contributed by atoms with Crippen molar-refractivity contribution in [2.75, 3.05) is 0 Å². The molecule has 2 aromatic rings. The summed E-state index contributed by atoms with van der Waals surface area (Å²) in [6.07, 6.45) is -0.558. The maximum absolute atomic E-state index is 13.0. The van der Waals surface area contributed by atoms with Crippen molar-refractivity contribution >= 4 is 39.7 Å². The van der Waals surface area contributed by atoms with E-state index in [9.17, 15) is 9.18 Å². The minimum absolute atomic E-state index is 0.317. The van der Waals surface area contributed by atoms with Gasteiger partial charge in [0.1, 0.15) is 11.6 Å². The number of hydrogen-bond donors (Lipinski definition) is 1. The highest BCUT2D eigenvalue weighted by Gasteiger charge is 2.06. The van der Waals surface area contributed by atoms with E-state index in [1.165, 1.54) is 12.1 Å². The highest BCUT2D eigenvalue weighted by atomic mass is 127. The van der Waals surface area contributed by atoms with Crippen molar-refractivity contribution < 1.29 is 13.9 Å². The Morgan fingerprint density at radius 2 is 2.12 bits per heavy atom. The molecule has 0 radical (unpaired) electrons. The summed E-state index contributed by atoms with van der Waals surface area (Å²) in [4.78, 5) is 11.1. The van der Waals surface area contributed by atoms with E-state index in [0.29, 0.717) is 16.5 Å². The number of halogens is 2. The Kier molecular flexibility index (Phi) is 3.23. The van der Waals surface area contributed by atoms with Gasteiger partial charge in [-0.15, -0.1) is 0 Å². The van der Waals surface area contributed by atoms with Gasteiger partial charge in [-0.25, -0.2) is 9.18 Å². The summed E-state index contributed by atoms with van der Waals surface area (Å²) in [6.45, 7) is 0. The zero-order valence-corrected chi connectivity index (χ0v) is 10.2. The lowest BCUT2D eigenvalue weighted by atomic mass is 10.1. The molecule has 0 aliphatic rings. The van der Waals surface area contributed by atoms with Crippen molar-refractivity contribution in [2.24, 2.45) is 0 Å². The minimum atomic E-state index is -0.558. The van der Waals surface area contributed by atoms with E-state index < -0.39 is 6.09 Å². The van der Waals surface area contributed by atoms with Gasteiger partial charge in [-0.1, -0.05) is 12.1 Å². The van der Waals surface area contributed by atoms with Crippen LogP contribution in [0.2, 0.25) is 0 Å². The summed E-state index contributed by atoms with van der Waals surface area (Å²) in [5.74, 6) is 0.0923. The summed E-state index contributed by atoms with van der Waals surface area (Å²) >= 11 is 1.68. The second-order valence-corrected chi connectivity index (χ2v) is 3.64. The zero-order chi connectivity index (χ0) is 11.5. The largest absolute Gasteiger partial charge is 0.421 e. The first-order chi connectivity index (χ1) is 7.70. The van der Waals surface area contributed by atoms with Crippen LogP contribution in [-0.2, 0) is 0 Å². The van der Waals surface area contributed by atoms with E-state index in [1.807, 2.05) is 0 Å². The molecular formula is C11H7FINO2. The molecule has 0 aromatic heterocycles. The lowest BCUT2D eigenvalue weighted by molar-refractivity contribution is 0.209. The predicted octanol–water partition coefficient (Wildman–Crippen LogP) is 3.42. The molecule has 16 heavy (non-hydrogen) atoms. The first-order valence-electron chi connectivity index (χ1n) is 4.47. The van der Waals surface area contributed by atoms with Gasteiger partial charge in [-0.05, 0) is 29.7 Å². The van der Waals surface area contributed by atoms with Crippen LogP contribution < -0.4 is 8.27 Å². The lowest BCUT2D eigenvalue weighted by Gasteiger charge is -2.06. The number of fused-ring (bicyclic) bond motifs is 1. The standard InChI is InChI=1S/C11H7FINO2/c12-8-4-5-9-7(6-8)2-1-3-10(9)16-11(15)14-13/h1-6H,(H,14,15). The molecule has 0 heterocycles. The third kappa shape index (κ3) is 2.24. The smallest absolute Gasteiger partial charge is 0.409 e. The molecule has 0 spiro atoms. The monoisotopic (exact) mass is 331 g/mol. The van der Waals surface area contributed by atoms with E-state index in [1.54, 1.807) is 47.1 Å². The molecule has 0 bridgehead atoms. The van der Waals surface area contributed by atoms with Crippen LogP contribution in [0, 0.1) is 5.82 Å². The van der Waals surface area contributed by atoms with Crippen LogP contribution in [0.1, 0.15) is 0 Å². The predicted molar refractivity (Wildman–Crippen MR) is 67.1 cm³/mol. The maximum atomic E-state index is 13.0. The van der Waals surface area contributed by atoms with Crippen LogP contribution in [0.5, 0.6) is 5.75 Å². The number of amides is 1. The van der Waals surface area contributed by atoms with Gasteiger partial charge in [-0.3, -0.25) is 3.53 Å². The molecule has 0 saturated carbocycles. The van der Waals surface area contributed by atoms with Gasteiger partial charge < -0.3 is 4.74 Å². The SMILES string of the molecule is O=C(NI)Oc1cccc2cc(F)ccc12. The fourth-order valence-corrected chi connectivity index (χ4v) is 1.54. The van der Waals surface area contributed by atoms with Crippen LogP contribution in [-0.4, -0.2) is 6.09 Å². The second-order valence-electron chi connectivity index (χ2n) is 3.11. The van der Waals surface area contributed by atoms with E-state index in [-0.39, 0.29) is 5.82 Å². The Bertz CT molecular complexity index is 544. The minimum Gasteiger partial charge on any atom is -0.409 e. The fourth-order valence-electron chi connectivity index (χ4n) is 1.43. The third-order valence-corrected chi connectivity index (χ3v) is 2.52. The quantitative estimate of drug-likeness (QED) is 0.642. The number of hydrogen-bond acceptors (Lipinski definition) is 2. The van der Waals surface area contributed by atoms with Crippen molar-refractivity contribution in [2.45, 2.75) is 0 Å². The third-order valence-electron chi connectivity index (χ3n) is 2.08. The molecule has 0 aliphatic carbocycles. The van der Waals surface area contributed by atoms with Crippen LogP contribution in [0.3, 0.4) is 0 Å². The molecule has 2 aromatic carbocycles.